The minimum atomic E-state index is -1.11. The zero-order valence-corrected chi connectivity index (χ0v) is 20.5. The molecular formula is C28H32N4O3. The highest BCUT2D eigenvalue weighted by atomic mass is 16.2. The fourth-order valence-electron chi connectivity index (χ4n) is 5.79. The number of amides is 3. The van der Waals surface area contributed by atoms with E-state index in [4.69, 9.17) is 0 Å². The van der Waals surface area contributed by atoms with Crippen LogP contribution in [0.25, 0.3) is 10.9 Å². The van der Waals surface area contributed by atoms with Gasteiger partial charge >= 0.3 is 0 Å². The summed E-state index contributed by atoms with van der Waals surface area (Å²) < 4.78 is 1.91. The zero-order chi connectivity index (χ0) is 24.7. The quantitative estimate of drug-likeness (QED) is 0.568. The molecular weight excluding hydrogens is 440 g/mol. The number of carbonyl (C=O) groups excluding carboxylic acids is 3. The van der Waals surface area contributed by atoms with Crippen molar-refractivity contribution in [2.75, 3.05) is 5.32 Å². The van der Waals surface area contributed by atoms with Gasteiger partial charge in [0.2, 0.25) is 11.8 Å². The topological polar surface area (TPSA) is 83.4 Å². The second-order valence-electron chi connectivity index (χ2n) is 10.00. The van der Waals surface area contributed by atoms with Gasteiger partial charge in [0.15, 0.2) is 0 Å². The number of hydrogen-bond donors (Lipinski definition) is 2. The number of nitrogens with one attached hydrogen (secondary N) is 2. The third-order valence-electron chi connectivity index (χ3n) is 7.54. The van der Waals surface area contributed by atoms with Crippen LogP contribution in [0.3, 0.4) is 0 Å². The minimum Gasteiger partial charge on any atom is -0.351 e. The van der Waals surface area contributed by atoms with Gasteiger partial charge in [-0.2, -0.15) is 0 Å². The van der Waals surface area contributed by atoms with Crippen molar-refractivity contribution in [3.05, 3.63) is 65.9 Å². The third-order valence-corrected chi connectivity index (χ3v) is 7.54. The van der Waals surface area contributed by atoms with E-state index >= 15 is 0 Å². The molecule has 2 aliphatic rings. The van der Waals surface area contributed by atoms with Gasteiger partial charge in [-0.25, -0.2) is 0 Å². The van der Waals surface area contributed by atoms with Crippen molar-refractivity contribution < 1.29 is 14.4 Å². The monoisotopic (exact) mass is 472 g/mol. The number of hydrogen-bond acceptors (Lipinski definition) is 3. The van der Waals surface area contributed by atoms with E-state index in [1.165, 1.54) is 6.92 Å². The Morgan fingerprint density at radius 3 is 2.37 bits per heavy atom. The average Bonchev–Trinajstić information content (AvgIpc) is 3.46. The first-order valence-electron chi connectivity index (χ1n) is 12.4. The molecule has 182 valence electrons. The zero-order valence-electron chi connectivity index (χ0n) is 20.5. The number of nitrogens with zero attached hydrogens (tertiary/aromatic N) is 2. The highest BCUT2D eigenvalue weighted by molar-refractivity contribution is 6.14. The molecule has 7 heteroatoms. The van der Waals surface area contributed by atoms with E-state index in [-0.39, 0.29) is 29.8 Å². The number of rotatable bonds is 5. The number of para-hydroxylation sites is 1. The van der Waals surface area contributed by atoms with E-state index in [9.17, 15) is 14.4 Å². The maximum atomic E-state index is 14.3. The van der Waals surface area contributed by atoms with Gasteiger partial charge in [-0.05, 0) is 38.3 Å². The molecule has 3 aromatic rings. The lowest BCUT2D eigenvalue weighted by molar-refractivity contribution is -0.134. The van der Waals surface area contributed by atoms with Gasteiger partial charge in [0.25, 0.3) is 5.91 Å². The summed E-state index contributed by atoms with van der Waals surface area (Å²) in [6, 6.07) is 17.2. The summed E-state index contributed by atoms with van der Waals surface area (Å²) in [5.74, 6) is -0.645. The van der Waals surface area contributed by atoms with Gasteiger partial charge in [-0.3, -0.25) is 14.4 Å². The highest BCUT2D eigenvalue weighted by Crippen LogP contribution is 2.42. The molecule has 1 fully saturated rings. The molecule has 3 amide bonds. The molecule has 0 saturated heterocycles. The van der Waals surface area contributed by atoms with Crippen molar-refractivity contribution in [2.24, 2.45) is 0 Å². The largest absolute Gasteiger partial charge is 0.351 e. The third kappa shape index (κ3) is 3.89. The lowest BCUT2D eigenvalue weighted by Gasteiger charge is -2.47. The first-order valence-corrected chi connectivity index (χ1v) is 12.4. The minimum absolute atomic E-state index is 0.134. The molecule has 35 heavy (non-hydrogen) atoms. The van der Waals surface area contributed by atoms with Gasteiger partial charge in [0, 0.05) is 18.4 Å². The molecule has 1 aliphatic heterocycles. The molecule has 2 N–H and O–H groups in total. The Balaban J connectivity index is 1.68. The predicted octanol–water partition coefficient (Wildman–Crippen LogP) is 4.63. The molecule has 1 aromatic heterocycles. The number of carbonyl (C=O) groups is 3. The first-order chi connectivity index (χ1) is 16.8. The molecule has 7 nitrogen and oxygen atoms in total. The van der Waals surface area contributed by atoms with E-state index in [2.05, 4.69) is 10.6 Å². The summed E-state index contributed by atoms with van der Waals surface area (Å²) in [5, 5.41) is 6.93. The number of anilines is 1. The maximum Gasteiger partial charge on any atom is 0.274 e. The van der Waals surface area contributed by atoms with Gasteiger partial charge in [-0.15, -0.1) is 0 Å². The van der Waals surface area contributed by atoms with Gasteiger partial charge in [0.1, 0.15) is 11.2 Å². The van der Waals surface area contributed by atoms with Crippen LogP contribution in [0.15, 0.2) is 54.6 Å². The normalized spacial score (nSPS) is 21.1. The van der Waals surface area contributed by atoms with Crippen LogP contribution in [0, 0.1) is 0 Å². The smallest absolute Gasteiger partial charge is 0.274 e. The van der Waals surface area contributed by atoms with Crippen molar-refractivity contribution in [3.8, 4) is 0 Å². The summed E-state index contributed by atoms with van der Waals surface area (Å²) in [4.78, 5) is 42.1. The van der Waals surface area contributed by atoms with Crippen molar-refractivity contribution in [1.29, 1.82) is 0 Å². The molecule has 1 aliphatic carbocycles. The lowest BCUT2D eigenvalue weighted by Crippen LogP contribution is -2.65. The van der Waals surface area contributed by atoms with E-state index < -0.39 is 5.54 Å². The van der Waals surface area contributed by atoms with Gasteiger partial charge < -0.3 is 20.1 Å². The molecule has 2 aromatic carbocycles. The summed E-state index contributed by atoms with van der Waals surface area (Å²) in [7, 11) is 0. The fraction of sp³-hybridized carbons (Fsp3) is 0.393. The van der Waals surface area contributed by atoms with Crippen LogP contribution in [-0.4, -0.2) is 38.8 Å². The van der Waals surface area contributed by atoms with E-state index in [1.54, 1.807) is 4.90 Å². The molecule has 0 bridgehead atoms. The van der Waals surface area contributed by atoms with Crippen LogP contribution in [-0.2, 0) is 16.1 Å². The van der Waals surface area contributed by atoms with Gasteiger partial charge in [0.05, 0.1) is 23.8 Å². The van der Waals surface area contributed by atoms with E-state index in [0.717, 1.165) is 42.1 Å². The second-order valence-corrected chi connectivity index (χ2v) is 10.00. The van der Waals surface area contributed by atoms with Crippen LogP contribution < -0.4 is 10.6 Å². The highest BCUT2D eigenvalue weighted by Gasteiger charge is 2.51. The standard InChI is InChI=1S/C28H32N4O3/c1-18(20-11-5-4-6-12-20)32-26(34)25-24(29-19(2)33)22-15-9-10-16-23(22)31(25)17-28(32,3)27(35)30-21-13-7-8-14-21/h4-6,9-12,15-16,18,21H,7-8,13-14,17H2,1-3H3,(H,29,33)(H,30,35)/t18-,28-/m0/s1. The molecule has 0 radical (unpaired) electrons. The SMILES string of the molecule is CC(=O)Nc1c2n(c3ccccc13)C[C@@](C)(C(=O)NC1CCCC1)N([C@@H](C)c1ccccc1)C2=O. The lowest BCUT2D eigenvalue weighted by atomic mass is 9.90. The van der Waals surface area contributed by atoms with Gasteiger partial charge in [-0.1, -0.05) is 61.4 Å². The Kier molecular flexibility index (Phi) is 5.87. The Morgan fingerprint density at radius 1 is 1.03 bits per heavy atom. The first kappa shape index (κ1) is 23.1. The van der Waals surface area contributed by atoms with Crippen LogP contribution >= 0.6 is 0 Å². The van der Waals surface area contributed by atoms with Crippen LogP contribution in [0.5, 0.6) is 0 Å². The Labute approximate surface area is 205 Å². The summed E-state index contributed by atoms with van der Waals surface area (Å²) in [6.45, 7) is 5.56. The number of fused-ring (bicyclic) bond motifs is 3. The van der Waals surface area contributed by atoms with E-state index in [0.29, 0.717) is 17.9 Å². The molecule has 2 atom stereocenters. The Morgan fingerprint density at radius 2 is 1.69 bits per heavy atom. The van der Waals surface area contributed by atoms with Crippen molar-refractivity contribution in [1.82, 2.24) is 14.8 Å². The maximum absolute atomic E-state index is 14.3. The van der Waals surface area contributed by atoms with Crippen molar-refractivity contribution in [3.63, 3.8) is 0 Å². The Bertz CT molecular complexity index is 1290. The fourth-order valence-corrected chi connectivity index (χ4v) is 5.79. The van der Waals surface area contributed by atoms with Crippen molar-refractivity contribution in [2.45, 2.75) is 70.6 Å². The Hall–Kier alpha value is -3.61. The average molecular weight is 473 g/mol. The molecule has 5 rings (SSSR count). The molecule has 2 heterocycles. The van der Waals surface area contributed by atoms with Crippen LogP contribution in [0.2, 0.25) is 0 Å². The molecule has 0 spiro atoms. The van der Waals surface area contributed by atoms with E-state index in [1.807, 2.05) is 73.0 Å². The van der Waals surface area contributed by atoms with Crippen molar-refractivity contribution >= 4 is 34.3 Å². The summed E-state index contributed by atoms with van der Waals surface area (Å²) in [6.07, 6.45) is 4.15. The molecule has 1 saturated carbocycles. The number of benzene rings is 2. The number of aromatic nitrogens is 1. The predicted molar refractivity (Wildman–Crippen MR) is 136 cm³/mol. The summed E-state index contributed by atoms with van der Waals surface area (Å²) in [5.41, 5.74) is 1.58. The second kappa shape index (κ2) is 8.87. The van der Waals surface area contributed by atoms with Crippen LogP contribution in [0.1, 0.15) is 68.5 Å². The molecule has 0 unspecified atom stereocenters. The van der Waals surface area contributed by atoms with Crippen LogP contribution in [0.4, 0.5) is 5.69 Å². The summed E-state index contributed by atoms with van der Waals surface area (Å²) >= 11 is 0.